The van der Waals surface area contributed by atoms with E-state index in [1.165, 1.54) is 12.7 Å². The molecule has 1 unspecified atom stereocenters. The molecule has 1 aromatic carbocycles. The zero-order valence-electron chi connectivity index (χ0n) is 16.2. The summed E-state index contributed by atoms with van der Waals surface area (Å²) in [5.41, 5.74) is 3.07. The molecule has 2 amide bonds. The monoisotopic (exact) mass is 401 g/mol. The van der Waals surface area contributed by atoms with Crippen molar-refractivity contribution in [3.05, 3.63) is 52.7 Å². The molecule has 4 N–H and O–H groups in total. The average molecular weight is 402 g/mol. The van der Waals surface area contributed by atoms with E-state index in [0.717, 1.165) is 42.2 Å². The van der Waals surface area contributed by atoms with E-state index in [2.05, 4.69) is 22.0 Å². The molecule has 0 radical (unpaired) electrons. The summed E-state index contributed by atoms with van der Waals surface area (Å²) in [6, 6.07) is 7.88. The molecule has 3 rings (SSSR count). The molecule has 1 aromatic rings. The van der Waals surface area contributed by atoms with Crippen LogP contribution in [-0.4, -0.2) is 38.0 Å². The lowest BCUT2D eigenvalue weighted by Gasteiger charge is -2.29. The highest BCUT2D eigenvalue weighted by atomic mass is 32.2. The Labute approximate surface area is 170 Å². The number of methoxy groups -OCH3 is 1. The van der Waals surface area contributed by atoms with Crippen LogP contribution in [0.5, 0.6) is 0 Å². The van der Waals surface area contributed by atoms with Crippen LogP contribution >= 0.6 is 11.8 Å². The van der Waals surface area contributed by atoms with Crippen molar-refractivity contribution in [2.45, 2.75) is 32.0 Å². The summed E-state index contributed by atoms with van der Waals surface area (Å²) in [5.74, 6) is 0.340. The predicted octanol–water partition coefficient (Wildman–Crippen LogP) is 3.12. The summed E-state index contributed by atoms with van der Waals surface area (Å²) in [5, 5.41) is 18.2. The quantitative estimate of drug-likeness (QED) is 0.290. The van der Waals surface area contributed by atoms with Gasteiger partial charge in [0.05, 0.1) is 17.8 Å². The Hall–Kier alpha value is -2.45. The number of urea groups is 1. The number of nitrogens with one attached hydrogen (secondary N) is 4. The third-order valence-electron chi connectivity index (χ3n) is 4.70. The maximum atomic E-state index is 12.4. The number of rotatable bonds is 9. The van der Waals surface area contributed by atoms with E-state index in [-0.39, 0.29) is 12.2 Å². The van der Waals surface area contributed by atoms with Gasteiger partial charge in [0.15, 0.2) is 5.90 Å². The van der Waals surface area contributed by atoms with Gasteiger partial charge in [0.1, 0.15) is 6.17 Å². The molecule has 150 valence electrons. The SMILES string of the molecule is COC(=N)CCCCNCc1ccc(N2C=C3C=C(SC)NC3NC2=O)cc1. The number of carbonyl (C=O) groups excluding carboxylic acids is 1. The maximum absolute atomic E-state index is 12.4. The Bertz CT molecular complexity index is 775. The number of amides is 2. The fourth-order valence-electron chi connectivity index (χ4n) is 3.09. The van der Waals surface area contributed by atoms with E-state index in [1.807, 2.05) is 36.7 Å². The smallest absolute Gasteiger partial charge is 0.327 e. The number of ether oxygens (including phenoxy) is 1. The van der Waals surface area contributed by atoms with Crippen molar-refractivity contribution in [1.29, 1.82) is 5.41 Å². The highest BCUT2D eigenvalue weighted by Crippen LogP contribution is 2.27. The highest BCUT2D eigenvalue weighted by Gasteiger charge is 2.30. The molecule has 0 spiro atoms. The lowest BCUT2D eigenvalue weighted by atomic mass is 10.1. The van der Waals surface area contributed by atoms with Crippen molar-refractivity contribution in [2.75, 3.05) is 24.8 Å². The van der Waals surface area contributed by atoms with Crippen molar-refractivity contribution < 1.29 is 9.53 Å². The minimum atomic E-state index is -0.137. The third kappa shape index (κ3) is 5.08. The first kappa shape index (κ1) is 20.3. The molecule has 0 aliphatic carbocycles. The number of nitrogens with zero attached hydrogens (tertiary/aromatic N) is 1. The number of anilines is 1. The van der Waals surface area contributed by atoms with Gasteiger partial charge in [-0.15, -0.1) is 11.8 Å². The molecule has 2 aliphatic rings. The molecule has 2 heterocycles. The van der Waals surface area contributed by atoms with E-state index >= 15 is 0 Å². The van der Waals surface area contributed by atoms with Crippen molar-refractivity contribution in [2.24, 2.45) is 0 Å². The van der Waals surface area contributed by atoms with Crippen LogP contribution in [0.2, 0.25) is 0 Å². The summed E-state index contributed by atoms with van der Waals surface area (Å²) in [7, 11) is 1.54. The van der Waals surface area contributed by atoms with Gasteiger partial charge in [0, 0.05) is 24.7 Å². The van der Waals surface area contributed by atoms with E-state index in [1.54, 1.807) is 16.7 Å². The van der Waals surface area contributed by atoms with Gasteiger partial charge in [-0.05, 0) is 49.4 Å². The third-order valence-corrected chi connectivity index (χ3v) is 5.38. The highest BCUT2D eigenvalue weighted by molar-refractivity contribution is 8.02. The molecular formula is C20H27N5O2S. The first-order valence-corrected chi connectivity index (χ1v) is 10.6. The molecule has 1 atom stereocenters. The van der Waals surface area contributed by atoms with Crippen LogP contribution in [-0.2, 0) is 11.3 Å². The predicted molar refractivity (Wildman–Crippen MR) is 114 cm³/mol. The summed E-state index contributed by atoms with van der Waals surface area (Å²) >= 11 is 1.63. The number of unbranched alkanes of at least 4 members (excludes halogenated alkanes) is 1. The number of thioether (sulfide) groups is 1. The molecule has 0 fully saturated rings. The van der Waals surface area contributed by atoms with E-state index in [4.69, 9.17) is 10.1 Å². The molecule has 8 heteroatoms. The second kappa shape index (κ2) is 9.66. The number of hydrogen-bond acceptors (Lipinski definition) is 6. The first-order valence-electron chi connectivity index (χ1n) is 9.35. The van der Waals surface area contributed by atoms with Gasteiger partial charge in [-0.25, -0.2) is 4.79 Å². The average Bonchev–Trinajstić information content (AvgIpc) is 3.12. The Morgan fingerprint density at radius 3 is 2.79 bits per heavy atom. The Morgan fingerprint density at radius 1 is 1.29 bits per heavy atom. The number of fused-ring (bicyclic) bond motifs is 1. The zero-order chi connectivity index (χ0) is 19.9. The Kier molecular flexibility index (Phi) is 7.00. The van der Waals surface area contributed by atoms with Crippen molar-refractivity contribution >= 4 is 29.4 Å². The van der Waals surface area contributed by atoms with Crippen LogP contribution in [0.1, 0.15) is 24.8 Å². The molecular weight excluding hydrogens is 374 g/mol. The normalized spacial score (nSPS) is 18.0. The van der Waals surface area contributed by atoms with E-state index < -0.39 is 0 Å². The van der Waals surface area contributed by atoms with Gasteiger partial charge in [-0.2, -0.15) is 0 Å². The van der Waals surface area contributed by atoms with Crippen LogP contribution in [0, 0.1) is 5.41 Å². The summed E-state index contributed by atoms with van der Waals surface area (Å²) in [6.07, 6.45) is 8.46. The maximum Gasteiger partial charge on any atom is 0.327 e. The second-order valence-electron chi connectivity index (χ2n) is 6.67. The standard InChI is InChI=1S/C20H27N5O2S/c1-27-17(21)5-3-4-10-22-12-14-6-8-16(9-7-14)25-13-15-11-18(28-2)23-19(15)24-20(25)26/h6-9,11,13,19,21-23H,3-5,10,12H2,1-2H3,(H,24,26). The summed E-state index contributed by atoms with van der Waals surface area (Å²) in [4.78, 5) is 14.1. The van der Waals surface area contributed by atoms with Crippen molar-refractivity contribution in [3.63, 3.8) is 0 Å². The van der Waals surface area contributed by atoms with Crippen LogP contribution in [0.25, 0.3) is 0 Å². The molecule has 2 aliphatic heterocycles. The fraction of sp³-hybridized carbons (Fsp3) is 0.400. The molecule has 0 saturated carbocycles. The van der Waals surface area contributed by atoms with Gasteiger partial charge in [-0.3, -0.25) is 10.3 Å². The fourth-order valence-corrected chi connectivity index (χ4v) is 3.58. The van der Waals surface area contributed by atoms with Gasteiger partial charge in [-0.1, -0.05) is 12.1 Å². The Morgan fingerprint density at radius 2 is 2.07 bits per heavy atom. The van der Waals surface area contributed by atoms with Gasteiger partial charge < -0.3 is 20.7 Å². The van der Waals surface area contributed by atoms with Gasteiger partial charge in [0.2, 0.25) is 0 Å². The van der Waals surface area contributed by atoms with Gasteiger partial charge in [0.25, 0.3) is 0 Å². The molecule has 7 nitrogen and oxygen atoms in total. The van der Waals surface area contributed by atoms with Crippen LogP contribution < -0.4 is 20.9 Å². The van der Waals surface area contributed by atoms with Crippen molar-refractivity contribution in [3.8, 4) is 0 Å². The van der Waals surface area contributed by atoms with Crippen LogP contribution in [0.4, 0.5) is 10.5 Å². The topological polar surface area (TPSA) is 89.5 Å². The number of benzene rings is 1. The minimum Gasteiger partial charge on any atom is -0.484 e. The first-order chi connectivity index (χ1) is 13.6. The number of hydrogen-bond donors (Lipinski definition) is 4. The summed E-state index contributed by atoms with van der Waals surface area (Å²) < 4.78 is 4.85. The second-order valence-corrected chi connectivity index (χ2v) is 7.51. The van der Waals surface area contributed by atoms with E-state index in [9.17, 15) is 4.79 Å². The molecule has 0 bridgehead atoms. The number of carbonyl (C=O) groups is 1. The molecule has 28 heavy (non-hydrogen) atoms. The van der Waals surface area contributed by atoms with Crippen LogP contribution in [0.3, 0.4) is 0 Å². The molecule has 0 saturated heterocycles. The van der Waals surface area contributed by atoms with Crippen molar-refractivity contribution in [1.82, 2.24) is 16.0 Å². The largest absolute Gasteiger partial charge is 0.484 e. The molecule has 0 aromatic heterocycles. The zero-order valence-corrected chi connectivity index (χ0v) is 17.1. The minimum absolute atomic E-state index is 0.135. The van der Waals surface area contributed by atoms with Gasteiger partial charge >= 0.3 is 6.03 Å². The Balaban J connectivity index is 1.50. The lowest BCUT2D eigenvalue weighted by molar-refractivity contribution is 0.244. The lowest BCUT2D eigenvalue weighted by Crippen LogP contribution is -2.51. The van der Waals surface area contributed by atoms with E-state index in [0.29, 0.717) is 12.3 Å². The van der Waals surface area contributed by atoms with Crippen LogP contribution in [0.15, 0.2) is 47.1 Å². The summed E-state index contributed by atoms with van der Waals surface area (Å²) in [6.45, 7) is 1.68.